The number of esters is 1. The van der Waals surface area contributed by atoms with Crippen molar-refractivity contribution in [1.29, 1.82) is 0 Å². The molecule has 8 heteroatoms. The van der Waals surface area contributed by atoms with Gasteiger partial charge < -0.3 is 18.9 Å². The molecule has 0 amide bonds. The van der Waals surface area contributed by atoms with Crippen molar-refractivity contribution in [2.45, 2.75) is 33.8 Å². The summed E-state index contributed by atoms with van der Waals surface area (Å²) in [6.45, 7) is 7.29. The van der Waals surface area contributed by atoms with Crippen molar-refractivity contribution in [2.75, 3.05) is 6.61 Å². The highest BCUT2D eigenvalue weighted by molar-refractivity contribution is 7.55. The summed E-state index contributed by atoms with van der Waals surface area (Å²) in [6, 6.07) is 19.9. The molecule has 0 radical (unpaired) electrons. The molecule has 2 N–H and O–H groups in total. The van der Waals surface area contributed by atoms with Crippen LogP contribution in [0.1, 0.15) is 27.7 Å². The number of carbonyl (C=O) groups is 1. The minimum Gasteiger partial charge on any atom is -0.465 e. The summed E-state index contributed by atoms with van der Waals surface area (Å²) >= 11 is 0. The third-order valence-electron chi connectivity index (χ3n) is 4.74. The van der Waals surface area contributed by atoms with Crippen LogP contribution in [0.5, 0.6) is 0 Å². The Balaban J connectivity index is 2.48. The van der Waals surface area contributed by atoms with Crippen LogP contribution in [-0.2, 0) is 18.5 Å². The van der Waals surface area contributed by atoms with Crippen molar-refractivity contribution in [3.05, 3.63) is 72.6 Å². The van der Waals surface area contributed by atoms with Gasteiger partial charge in [-0.15, -0.1) is 0 Å². The van der Waals surface area contributed by atoms with Crippen LogP contribution in [0.4, 0.5) is 0 Å². The predicted octanol–water partition coefficient (Wildman–Crippen LogP) is 2.83. The monoisotopic (exact) mass is 462 g/mol. The zero-order valence-electron chi connectivity index (χ0n) is 18.3. The molecule has 0 aromatic heterocycles. The number of hydrogen-bond acceptors (Lipinski definition) is 4. The molecule has 168 valence electrons. The maximum atomic E-state index is 11.5. The standard InChI is InChI=1S/C23H31O6PSi/c1-18(24)28-17-19(15-16-30(25,26)27)22(23(2,3)4)29-31(20-11-7-5-8-12-20)21-13-9-6-10-14-21/h5-16,19,22,31H,17H2,1-4H3,(H2,25,26,27)/b16-15+. The molecular weight excluding hydrogens is 431 g/mol. The zero-order chi connectivity index (χ0) is 23.1. The van der Waals surface area contributed by atoms with Gasteiger partial charge in [-0.1, -0.05) is 87.5 Å². The van der Waals surface area contributed by atoms with Crippen molar-refractivity contribution >= 4 is 33.0 Å². The van der Waals surface area contributed by atoms with Crippen molar-refractivity contribution in [3.63, 3.8) is 0 Å². The molecular formula is C23H31O6PSi. The molecule has 0 saturated heterocycles. The molecule has 0 bridgehead atoms. The fourth-order valence-electron chi connectivity index (χ4n) is 3.38. The van der Waals surface area contributed by atoms with Gasteiger partial charge in [-0.3, -0.25) is 9.36 Å². The molecule has 0 saturated carbocycles. The van der Waals surface area contributed by atoms with E-state index in [1.807, 2.05) is 81.4 Å². The lowest BCUT2D eigenvalue weighted by Gasteiger charge is -2.38. The van der Waals surface area contributed by atoms with Crippen molar-refractivity contribution in [1.82, 2.24) is 0 Å². The Kier molecular flexibility index (Phi) is 8.97. The summed E-state index contributed by atoms with van der Waals surface area (Å²) in [5, 5.41) is 2.18. The molecule has 2 unspecified atom stereocenters. The minimum absolute atomic E-state index is 0.0293. The van der Waals surface area contributed by atoms with E-state index >= 15 is 0 Å². The summed E-state index contributed by atoms with van der Waals surface area (Å²) in [4.78, 5) is 30.2. The number of hydrogen-bond donors (Lipinski definition) is 2. The van der Waals surface area contributed by atoms with Crippen molar-refractivity contribution in [3.8, 4) is 0 Å². The first kappa shape index (κ1) is 25.2. The maximum Gasteiger partial charge on any atom is 0.348 e. The van der Waals surface area contributed by atoms with E-state index in [0.29, 0.717) is 0 Å². The van der Waals surface area contributed by atoms with Crippen LogP contribution in [0.15, 0.2) is 72.6 Å². The summed E-state index contributed by atoms with van der Waals surface area (Å²) in [5.41, 5.74) is -0.390. The molecule has 2 atom stereocenters. The largest absolute Gasteiger partial charge is 0.465 e. The van der Waals surface area contributed by atoms with Crippen LogP contribution in [0.3, 0.4) is 0 Å². The van der Waals surface area contributed by atoms with E-state index in [9.17, 15) is 19.1 Å². The molecule has 0 heterocycles. The SMILES string of the molecule is CC(=O)OCC(/C=C/P(=O)(O)O)C(O[SiH](c1ccccc1)c1ccccc1)C(C)(C)C. The van der Waals surface area contributed by atoms with Crippen molar-refractivity contribution in [2.24, 2.45) is 11.3 Å². The van der Waals surface area contributed by atoms with E-state index in [2.05, 4.69) is 0 Å². The number of benzene rings is 2. The Labute approximate surface area is 185 Å². The molecule has 6 nitrogen and oxygen atoms in total. The smallest absolute Gasteiger partial charge is 0.348 e. The number of carbonyl (C=O) groups excluding carboxylic acids is 1. The van der Waals surface area contributed by atoms with Crippen LogP contribution in [0.2, 0.25) is 0 Å². The second kappa shape index (κ2) is 11.0. The molecule has 2 rings (SSSR count). The number of rotatable bonds is 9. The van der Waals surface area contributed by atoms with Crippen LogP contribution in [-0.4, -0.2) is 37.5 Å². The average molecular weight is 463 g/mol. The summed E-state index contributed by atoms with van der Waals surface area (Å²) in [7, 11) is -6.52. The quantitative estimate of drug-likeness (QED) is 0.338. The zero-order valence-corrected chi connectivity index (χ0v) is 20.4. The van der Waals surface area contributed by atoms with Gasteiger partial charge in [0.15, 0.2) is 0 Å². The van der Waals surface area contributed by atoms with Crippen LogP contribution < -0.4 is 10.4 Å². The number of ether oxygens (including phenoxy) is 1. The Hall–Kier alpha value is -2.02. The van der Waals surface area contributed by atoms with Crippen molar-refractivity contribution < 1.29 is 28.3 Å². The van der Waals surface area contributed by atoms with Gasteiger partial charge in [0.2, 0.25) is 9.04 Å². The fraction of sp³-hybridized carbons (Fsp3) is 0.348. The second-order valence-electron chi connectivity index (χ2n) is 8.52. The molecule has 0 fully saturated rings. The molecule has 0 aliphatic heterocycles. The van der Waals surface area contributed by atoms with Gasteiger partial charge in [0.05, 0.1) is 12.7 Å². The molecule has 0 spiro atoms. The van der Waals surface area contributed by atoms with E-state index < -0.39 is 40.0 Å². The summed E-state index contributed by atoms with van der Waals surface area (Å²) in [6.07, 6.45) is 0.966. The Morgan fingerprint density at radius 1 is 1.03 bits per heavy atom. The highest BCUT2D eigenvalue weighted by atomic mass is 31.2. The third kappa shape index (κ3) is 8.55. The lowest BCUT2D eigenvalue weighted by Crippen LogP contribution is -2.52. The predicted molar refractivity (Wildman–Crippen MR) is 125 cm³/mol. The van der Waals surface area contributed by atoms with Gasteiger partial charge in [0, 0.05) is 18.7 Å². The summed E-state index contributed by atoms with van der Waals surface area (Å²) < 4.78 is 23.5. The highest BCUT2D eigenvalue weighted by Crippen LogP contribution is 2.38. The molecule has 0 aliphatic rings. The molecule has 2 aromatic carbocycles. The summed E-state index contributed by atoms with van der Waals surface area (Å²) in [5.74, 6) is -0.119. The van der Waals surface area contributed by atoms with Gasteiger partial charge in [-0.2, -0.15) is 0 Å². The first-order chi connectivity index (χ1) is 14.5. The normalized spacial score (nSPS) is 14.5. The van der Waals surface area contributed by atoms with Gasteiger partial charge in [0.1, 0.15) is 0 Å². The molecule has 2 aromatic rings. The Morgan fingerprint density at radius 2 is 1.52 bits per heavy atom. The lowest BCUT2D eigenvalue weighted by molar-refractivity contribution is -0.143. The Bertz CT molecular complexity index is 865. The molecule has 31 heavy (non-hydrogen) atoms. The highest BCUT2D eigenvalue weighted by Gasteiger charge is 2.36. The van der Waals surface area contributed by atoms with Crippen LogP contribution >= 0.6 is 7.60 Å². The third-order valence-corrected chi connectivity index (χ3v) is 7.84. The topological polar surface area (TPSA) is 93.1 Å². The van der Waals surface area contributed by atoms with Crippen LogP contribution in [0, 0.1) is 11.3 Å². The second-order valence-corrected chi connectivity index (χ2v) is 12.4. The lowest BCUT2D eigenvalue weighted by atomic mass is 9.81. The van der Waals surface area contributed by atoms with Gasteiger partial charge in [-0.05, 0) is 15.8 Å². The van der Waals surface area contributed by atoms with E-state index in [1.54, 1.807) is 0 Å². The average Bonchev–Trinajstić information content (AvgIpc) is 2.69. The van der Waals surface area contributed by atoms with Crippen LogP contribution in [0.25, 0.3) is 0 Å². The fourth-order valence-corrected chi connectivity index (χ4v) is 6.57. The minimum atomic E-state index is -4.37. The van der Waals surface area contributed by atoms with E-state index in [0.717, 1.165) is 16.2 Å². The Morgan fingerprint density at radius 3 is 1.90 bits per heavy atom. The van der Waals surface area contributed by atoms with E-state index in [1.165, 1.54) is 13.0 Å². The van der Waals surface area contributed by atoms with Gasteiger partial charge >= 0.3 is 13.6 Å². The first-order valence-corrected chi connectivity index (χ1v) is 13.4. The van der Waals surface area contributed by atoms with E-state index in [4.69, 9.17) is 9.16 Å². The van der Waals surface area contributed by atoms with Gasteiger partial charge in [-0.25, -0.2) is 0 Å². The van der Waals surface area contributed by atoms with Gasteiger partial charge in [0.25, 0.3) is 0 Å². The first-order valence-electron chi connectivity index (χ1n) is 10.1. The maximum absolute atomic E-state index is 11.5. The van der Waals surface area contributed by atoms with E-state index in [-0.39, 0.29) is 6.61 Å². The molecule has 0 aliphatic carbocycles.